The Morgan fingerprint density at radius 1 is 1.47 bits per heavy atom. The summed E-state index contributed by atoms with van der Waals surface area (Å²) in [5.41, 5.74) is 3.64. The lowest BCUT2D eigenvalue weighted by atomic mass is 9.93. The number of hydrogen-bond acceptors (Lipinski definition) is 3. The molecule has 102 valence electrons. The van der Waals surface area contributed by atoms with E-state index in [0.29, 0.717) is 6.04 Å². The van der Waals surface area contributed by atoms with Gasteiger partial charge in [0.15, 0.2) is 5.82 Å². The smallest absolute Gasteiger partial charge is 0.151 e. The van der Waals surface area contributed by atoms with Gasteiger partial charge in [-0.3, -0.25) is 9.78 Å². The average Bonchev–Trinajstić information content (AvgIpc) is 2.91. The van der Waals surface area contributed by atoms with Crippen molar-refractivity contribution in [3.63, 3.8) is 0 Å². The van der Waals surface area contributed by atoms with Crippen molar-refractivity contribution < 1.29 is 0 Å². The van der Waals surface area contributed by atoms with Gasteiger partial charge in [0.2, 0.25) is 0 Å². The SMILES string of the molecule is CCc1c(NCc2cnn(C3CCC3)c2)n[nH]c1C. The molecular formula is C14H21N5. The van der Waals surface area contributed by atoms with Crippen molar-refractivity contribution in [3.05, 3.63) is 29.2 Å². The van der Waals surface area contributed by atoms with E-state index in [2.05, 4.69) is 45.3 Å². The van der Waals surface area contributed by atoms with Crippen LogP contribution in [0, 0.1) is 6.92 Å². The first kappa shape index (κ1) is 12.3. The van der Waals surface area contributed by atoms with Gasteiger partial charge in [0.25, 0.3) is 0 Å². The minimum Gasteiger partial charge on any atom is -0.364 e. The van der Waals surface area contributed by atoms with Crippen LogP contribution in [0.2, 0.25) is 0 Å². The van der Waals surface area contributed by atoms with Crippen LogP contribution in [0.25, 0.3) is 0 Å². The van der Waals surface area contributed by atoms with Gasteiger partial charge in [-0.15, -0.1) is 0 Å². The van der Waals surface area contributed by atoms with E-state index in [1.165, 1.54) is 30.4 Å². The van der Waals surface area contributed by atoms with Crippen molar-refractivity contribution in [2.24, 2.45) is 0 Å². The lowest BCUT2D eigenvalue weighted by Crippen LogP contribution is -2.17. The van der Waals surface area contributed by atoms with E-state index in [0.717, 1.165) is 24.5 Å². The third-order valence-electron chi connectivity index (χ3n) is 3.99. The molecular weight excluding hydrogens is 238 g/mol. The molecule has 1 fully saturated rings. The average molecular weight is 259 g/mol. The Morgan fingerprint density at radius 2 is 2.32 bits per heavy atom. The van der Waals surface area contributed by atoms with Crippen LogP contribution in [0.3, 0.4) is 0 Å². The van der Waals surface area contributed by atoms with Gasteiger partial charge in [0.05, 0.1) is 12.2 Å². The molecule has 19 heavy (non-hydrogen) atoms. The number of aromatic amines is 1. The van der Waals surface area contributed by atoms with E-state index in [1.807, 2.05) is 6.20 Å². The second kappa shape index (κ2) is 5.07. The molecule has 0 spiro atoms. The molecule has 5 heteroatoms. The molecule has 0 atom stereocenters. The number of nitrogens with one attached hydrogen (secondary N) is 2. The van der Waals surface area contributed by atoms with Crippen LogP contribution >= 0.6 is 0 Å². The molecule has 2 aromatic heterocycles. The van der Waals surface area contributed by atoms with Gasteiger partial charge < -0.3 is 5.32 Å². The van der Waals surface area contributed by atoms with Crippen LogP contribution in [0.1, 0.15) is 49.0 Å². The Balaban J connectivity index is 1.63. The summed E-state index contributed by atoms with van der Waals surface area (Å²) in [6, 6.07) is 0.632. The molecule has 1 aliphatic carbocycles. The highest BCUT2D eigenvalue weighted by Gasteiger charge is 2.19. The standard InChI is InChI=1S/C14H21N5/c1-3-13-10(2)17-18-14(13)15-7-11-8-16-19(9-11)12-5-4-6-12/h8-9,12H,3-7H2,1-2H3,(H2,15,17,18). The molecule has 0 unspecified atom stereocenters. The molecule has 3 rings (SSSR count). The molecule has 0 aromatic carbocycles. The summed E-state index contributed by atoms with van der Waals surface area (Å²) in [6.45, 7) is 4.99. The van der Waals surface area contributed by atoms with E-state index < -0.39 is 0 Å². The fraction of sp³-hybridized carbons (Fsp3) is 0.571. The zero-order chi connectivity index (χ0) is 13.2. The van der Waals surface area contributed by atoms with E-state index in [-0.39, 0.29) is 0 Å². The van der Waals surface area contributed by atoms with Crippen LogP contribution in [-0.2, 0) is 13.0 Å². The predicted molar refractivity (Wildman–Crippen MR) is 75.1 cm³/mol. The van der Waals surface area contributed by atoms with Crippen molar-refractivity contribution >= 4 is 5.82 Å². The normalized spacial score (nSPS) is 15.5. The van der Waals surface area contributed by atoms with Crippen molar-refractivity contribution in [2.45, 2.75) is 52.1 Å². The lowest BCUT2D eigenvalue weighted by molar-refractivity contribution is 0.289. The van der Waals surface area contributed by atoms with Crippen LogP contribution in [0.4, 0.5) is 5.82 Å². The van der Waals surface area contributed by atoms with Gasteiger partial charge in [-0.05, 0) is 32.6 Å². The van der Waals surface area contributed by atoms with E-state index in [1.54, 1.807) is 0 Å². The maximum absolute atomic E-state index is 4.45. The Labute approximate surface area is 113 Å². The Morgan fingerprint density at radius 3 is 3.00 bits per heavy atom. The Kier molecular flexibility index (Phi) is 3.27. The molecule has 2 N–H and O–H groups in total. The van der Waals surface area contributed by atoms with Crippen molar-refractivity contribution in [3.8, 4) is 0 Å². The number of rotatable bonds is 5. The fourth-order valence-corrected chi connectivity index (χ4v) is 2.54. The Bertz CT molecular complexity index is 550. The van der Waals surface area contributed by atoms with Crippen LogP contribution < -0.4 is 5.32 Å². The van der Waals surface area contributed by atoms with Crippen molar-refractivity contribution in [1.82, 2.24) is 20.0 Å². The minimum absolute atomic E-state index is 0.632. The summed E-state index contributed by atoms with van der Waals surface area (Å²) in [7, 11) is 0. The highest BCUT2D eigenvalue weighted by molar-refractivity contribution is 5.46. The zero-order valence-corrected chi connectivity index (χ0v) is 11.6. The minimum atomic E-state index is 0.632. The van der Waals surface area contributed by atoms with Gasteiger partial charge in [0.1, 0.15) is 0 Å². The summed E-state index contributed by atoms with van der Waals surface area (Å²) in [5.74, 6) is 0.969. The van der Waals surface area contributed by atoms with Gasteiger partial charge >= 0.3 is 0 Å². The number of aromatic nitrogens is 4. The summed E-state index contributed by atoms with van der Waals surface area (Å²) in [6.07, 6.45) is 8.98. The number of aryl methyl sites for hydroxylation is 1. The van der Waals surface area contributed by atoms with Gasteiger partial charge in [0, 0.05) is 29.6 Å². The molecule has 0 aliphatic heterocycles. The third kappa shape index (κ3) is 2.37. The topological polar surface area (TPSA) is 58.5 Å². The molecule has 1 saturated carbocycles. The number of nitrogens with zero attached hydrogens (tertiary/aromatic N) is 3. The molecule has 0 amide bonds. The predicted octanol–water partition coefficient (Wildman–Crippen LogP) is 2.81. The molecule has 0 saturated heterocycles. The maximum atomic E-state index is 4.45. The number of anilines is 1. The quantitative estimate of drug-likeness (QED) is 0.868. The highest BCUT2D eigenvalue weighted by atomic mass is 15.3. The third-order valence-corrected chi connectivity index (χ3v) is 3.99. The first-order chi connectivity index (χ1) is 9.28. The molecule has 1 aliphatic rings. The van der Waals surface area contributed by atoms with Gasteiger partial charge in [-0.2, -0.15) is 10.2 Å². The van der Waals surface area contributed by atoms with Crippen LogP contribution in [-0.4, -0.2) is 20.0 Å². The summed E-state index contributed by atoms with van der Waals surface area (Å²) < 4.78 is 2.11. The molecule has 2 aromatic rings. The van der Waals surface area contributed by atoms with Gasteiger partial charge in [-0.25, -0.2) is 0 Å². The van der Waals surface area contributed by atoms with E-state index in [9.17, 15) is 0 Å². The fourth-order valence-electron chi connectivity index (χ4n) is 2.54. The van der Waals surface area contributed by atoms with E-state index >= 15 is 0 Å². The first-order valence-corrected chi connectivity index (χ1v) is 7.08. The van der Waals surface area contributed by atoms with Crippen LogP contribution in [0.5, 0.6) is 0 Å². The maximum Gasteiger partial charge on any atom is 0.151 e. The second-order valence-electron chi connectivity index (χ2n) is 5.30. The number of H-pyrrole nitrogens is 1. The lowest BCUT2D eigenvalue weighted by Gasteiger charge is -2.25. The highest BCUT2D eigenvalue weighted by Crippen LogP contribution is 2.30. The summed E-state index contributed by atoms with van der Waals surface area (Å²) >= 11 is 0. The van der Waals surface area contributed by atoms with Crippen molar-refractivity contribution in [2.75, 3.05) is 5.32 Å². The molecule has 0 bridgehead atoms. The Hall–Kier alpha value is -1.78. The largest absolute Gasteiger partial charge is 0.364 e. The monoisotopic (exact) mass is 259 g/mol. The first-order valence-electron chi connectivity index (χ1n) is 7.08. The zero-order valence-electron chi connectivity index (χ0n) is 11.6. The van der Waals surface area contributed by atoms with Crippen molar-refractivity contribution in [1.29, 1.82) is 0 Å². The van der Waals surface area contributed by atoms with E-state index in [4.69, 9.17) is 0 Å². The summed E-state index contributed by atoms with van der Waals surface area (Å²) in [5, 5.41) is 15.2. The summed E-state index contributed by atoms with van der Waals surface area (Å²) in [4.78, 5) is 0. The van der Waals surface area contributed by atoms with Gasteiger partial charge in [-0.1, -0.05) is 6.92 Å². The number of hydrogen-bond donors (Lipinski definition) is 2. The molecule has 2 heterocycles. The molecule has 5 nitrogen and oxygen atoms in total. The molecule has 0 radical (unpaired) electrons. The van der Waals surface area contributed by atoms with Crippen LogP contribution in [0.15, 0.2) is 12.4 Å². The second-order valence-corrected chi connectivity index (χ2v) is 5.30.